The van der Waals surface area contributed by atoms with Crippen molar-refractivity contribution in [1.82, 2.24) is 0 Å². The third kappa shape index (κ3) is 3.24. The molecule has 0 heterocycles. The Bertz CT molecular complexity index is 260. The molecule has 0 saturated carbocycles. The van der Waals surface area contributed by atoms with Crippen LogP contribution in [-0.4, -0.2) is 31.6 Å². The van der Waals surface area contributed by atoms with Gasteiger partial charge in [0.25, 0.3) is 0 Å². The second-order valence-electron chi connectivity index (χ2n) is 3.20. The molecule has 0 unspecified atom stereocenters. The van der Waals surface area contributed by atoms with Crippen LogP contribution in [0.4, 0.5) is 5.69 Å². The zero-order chi connectivity index (χ0) is 10.4. The van der Waals surface area contributed by atoms with Crippen LogP contribution in [0.2, 0.25) is 0 Å². The van der Waals surface area contributed by atoms with E-state index in [0.717, 1.165) is 13.0 Å². The summed E-state index contributed by atoms with van der Waals surface area (Å²) in [6.07, 6.45) is 2.89. The van der Waals surface area contributed by atoms with Gasteiger partial charge in [-0.1, -0.05) is 0 Å². The zero-order valence-electron chi connectivity index (χ0n) is 8.73. The van der Waals surface area contributed by atoms with Gasteiger partial charge in [0.1, 0.15) is 0 Å². The first-order valence-electron chi connectivity index (χ1n) is 4.74. The van der Waals surface area contributed by atoms with Crippen LogP contribution in [-0.2, 0) is 0 Å². The number of rotatable bonds is 5. The predicted molar refractivity (Wildman–Crippen MR) is 63.2 cm³/mol. The Morgan fingerprint density at radius 1 is 1.29 bits per heavy atom. The number of thioether (sulfide) groups is 1. The number of hydrogen-bond acceptors (Lipinski definition) is 3. The van der Waals surface area contributed by atoms with Crippen molar-refractivity contribution in [2.75, 3.05) is 31.4 Å². The van der Waals surface area contributed by atoms with Crippen molar-refractivity contribution in [3.63, 3.8) is 0 Å². The zero-order valence-corrected chi connectivity index (χ0v) is 9.55. The van der Waals surface area contributed by atoms with Gasteiger partial charge in [-0.15, -0.1) is 11.8 Å². The van der Waals surface area contributed by atoms with Gasteiger partial charge in [-0.2, -0.15) is 0 Å². The van der Waals surface area contributed by atoms with Gasteiger partial charge in [0.05, 0.1) is 0 Å². The summed E-state index contributed by atoms with van der Waals surface area (Å²) >= 11 is 1.75. The van der Waals surface area contributed by atoms with Crippen LogP contribution in [0.1, 0.15) is 6.42 Å². The lowest BCUT2D eigenvalue weighted by molar-refractivity contribution is 0.290. The number of aliphatic hydroxyl groups is 1. The van der Waals surface area contributed by atoms with Gasteiger partial charge in [0.15, 0.2) is 0 Å². The van der Waals surface area contributed by atoms with Gasteiger partial charge in [-0.05, 0) is 36.9 Å². The molecule has 1 N–H and O–H groups in total. The Kier molecular flexibility index (Phi) is 4.84. The molecule has 0 fully saturated rings. The second kappa shape index (κ2) is 5.94. The highest BCUT2D eigenvalue weighted by Crippen LogP contribution is 2.19. The van der Waals surface area contributed by atoms with Crippen LogP contribution in [0.5, 0.6) is 0 Å². The van der Waals surface area contributed by atoms with Crippen molar-refractivity contribution < 1.29 is 5.11 Å². The van der Waals surface area contributed by atoms with E-state index in [1.54, 1.807) is 11.8 Å². The lowest BCUT2D eigenvalue weighted by Gasteiger charge is -2.18. The quantitative estimate of drug-likeness (QED) is 0.755. The molecule has 0 radical (unpaired) electrons. The Hall–Kier alpha value is -0.670. The van der Waals surface area contributed by atoms with E-state index in [1.807, 2.05) is 7.05 Å². The first-order valence-corrected chi connectivity index (χ1v) is 5.96. The molecule has 0 saturated heterocycles. The van der Waals surface area contributed by atoms with E-state index in [-0.39, 0.29) is 6.61 Å². The Balaban J connectivity index is 2.57. The molecule has 0 spiro atoms. The van der Waals surface area contributed by atoms with Gasteiger partial charge < -0.3 is 10.0 Å². The molecule has 1 aromatic carbocycles. The fourth-order valence-corrected chi connectivity index (χ4v) is 1.68. The number of anilines is 1. The molecule has 0 aliphatic heterocycles. The third-order valence-corrected chi connectivity index (χ3v) is 2.91. The lowest BCUT2D eigenvalue weighted by atomic mass is 10.3. The summed E-state index contributed by atoms with van der Waals surface area (Å²) in [7, 11) is 2.05. The lowest BCUT2D eigenvalue weighted by Crippen LogP contribution is -2.19. The van der Waals surface area contributed by atoms with E-state index >= 15 is 0 Å². The van der Waals surface area contributed by atoms with E-state index in [2.05, 4.69) is 35.4 Å². The molecule has 0 aliphatic rings. The molecule has 0 aromatic heterocycles. The predicted octanol–water partition coefficient (Wildman–Crippen LogP) is 2.23. The first kappa shape index (κ1) is 11.4. The maximum atomic E-state index is 8.71. The fourth-order valence-electron chi connectivity index (χ4n) is 1.27. The van der Waals surface area contributed by atoms with E-state index in [4.69, 9.17) is 5.11 Å². The summed E-state index contributed by atoms with van der Waals surface area (Å²) in [4.78, 5) is 3.43. The minimum Gasteiger partial charge on any atom is -0.396 e. The van der Waals surface area contributed by atoms with Crippen molar-refractivity contribution in [1.29, 1.82) is 0 Å². The van der Waals surface area contributed by atoms with Gasteiger partial charge in [0, 0.05) is 30.8 Å². The molecule has 3 heteroatoms. The van der Waals surface area contributed by atoms with Crippen molar-refractivity contribution in [3.05, 3.63) is 24.3 Å². The van der Waals surface area contributed by atoms with Crippen LogP contribution >= 0.6 is 11.8 Å². The smallest absolute Gasteiger partial charge is 0.0447 e. The molecule has 0 atom stereocenters. The fraction of sp³-hybridized carbons (Fsp3) is 0.455. The van der Waals surface area contributed by atoms with E-state index in [9.17, 15) is 0 Å². The van der Waals surface area contributed by atoms with Gasteiger partial charge in [-0.25, -0.2) is 0 Å². The second-order valence-corrected chi connectivity index (χ2v) is 4.08. The van der Waals surface area contributed by atoms with Crippen LogP contribution in [0.3, 0.4) is 0 Å². The largest absolute Gasteiger partial charge is 0.396 e. The molecule has 1 rings (SSSR count). The topological polar surface area (TPSA) is 23.5 Å². The summed E-state index contributed by atoms with van der Waals surface area (Å²) in [5, 5.41) is 8.71. The molecular weight excluding hydrogens is 194 g/mol. The molecule has 14 heavy (non-hydrogen) atoms. The van der Waals surface area contributed by atoms with Crippen LogP contribution in [0.15, 0.2) is 29.2 Å². The average molecular weight is 211 g/mol. The molecule has 1 aromatic rings. The Morgan fingerprint density at radius 3 is 2.43 bits per heavy atom. The SMILES string of the molecule is CSc1ccc(N(C)CCCO)cc1. The van der Waals surface area contributed by atoms with Crippen LogP contribution in [0, 0.1) is 0 Å². The average Bonchev–Trinajstić information content (AvgIpc) is 2.26. The number of aliphatic hydroxyl groups excluding tert-OH is 1. The minimum atomic E-state index is 0.257. The highest BCUT2D eigenvalue weighted by Gasteiger charge is 1.99. The normalized spacial score (nSPS) is 10.2. The monoisotopic (exact) mass is 211 g/mol. The summed E-state index contributed by atoms with van der Waals surface area (Å²) in [6, 6.07) is 8.47. The van der Waals surface area contributed by atoms with E-state index < -0.39 is 0 Å². The van der Waals surface area contributed by atoms with Crippen LogP contribution in [0.25, 0.3) is 0 Å². The van der Waals surface area contributed by atoms with Gasteiger partial charge >= 0.3 is 0 Å². The third-order valence-electron chi connectivity index (χ3n) is 2.16. The van der Waals surface area contributed by atoms with Gasteiger partial charge in [0.2, 0.25) is 0 Å². The van der Waals surface area contributed by atoms with E-state index in [0.29, 0.717) is 0 Å². The summed E-state index contributed by atoms with van der Waals surface area (Å²) in [5.74, 6) is 0. The van der Waals surface area contributed by atoms with Crippen molar-refractivity contribution >= 4 is 17.4 Å². The maximum absolute atomic E-state index is 8.71. The van der Waals surface area contributed by atoms with Crippen molar-refractivity contribution in [3.8, 4) is 0 Å². The van der Waals surface area contributed by atoms with Crippen molar-refractivity contribution in [2.24, 2.45) is 0 Å². The summed E-state index contributed by atoms with van der Waals surface area (Å²) < 4.78 is 0. The van der Waals surface area contributed by atoms with Crippen LogP contribution < -0.4 is 4.90 Å². The summed E-state index contributed by atoms with van der Waals surface area (Å²) in [5.41, 5.74) is 1.20. The number of nitrogens with zero attached hydrogens (tertiary/aromatic N) is 1. The van der Waals surface area contributed by atoms with Gasteiger partial charge in [-0.3, -0.25) is 0 Å². The maximum Gasteiger partial charge on any atom is 0.0447 e. The molecule has 0 aliphatic carbocycles. The highest BCUT2D eigenvalue weighted by atomic mass is 32.2. The highest BCUT2D eigenvalue weighted by molar-refractivity contribution is 7.98. The molecule has 0 bridgehead atoms. The Morgan fingerprint density at radius 2 is 1.93 bits per heavy atom. The standard InChI is InChI=1S/C11H17NOS/c1-12(8-3-9-13)10-4-6-11(14-2)7-5-10/h4-7,13H,3,8-9H2,1-2H3. The number of hydrogen-bond donors (Lipinski definition) is 1. The summed E-state index contributed by atoms with van der Waals surface area (Å²) in [6.45, 7) is 1.16. The van der Waals surface area contributed by atoms with E-state index in [1.165, 1.54) is 10.6 Å². The number of benzene rings is 1. The minimum absolute atomic E-state index is 0.257. The Labute approximate surface area is 89.9 Å². The molecule has 0 amide bonds. The van der Waals surface area contributed by atoms with Crippen molar-refractivity contribution in [2.45, 2.75) is 11.3 Å². The molecular formula is C11H17NOS. The molecule has 2 nitrogen and oxygen atoms in total. The molecule has 78 valence electrons. The first-order chi connectivity index (χ1) is 6.77.